The molecule has 18 heavy (non-hydrogen) atoms. The largest absolute Gasteiger partial charge is 0.352 e. The van der Waals surface area contributed by atoms with Crippen LogP contribution in [0.25, 0.3) is 0 Å². The van der Waals surface area contributed by atoms with Crippen molar-refractivity contribution in [2.24, 2.45) is 0 Å². The fourth-order valence-electron chi connectivity index (χ4n) is 1.66. The van der Waals surface area contributed by atoms with Crippen molar-refractivity contribution in [1.29, 1.82) is 0 Å². The molecular formula is C15H16N2O. The predicted octanol–water partition coefficient (Wildman–Crippen LogP) is 2.25. The van der Waals surface area contributed by atoms with Gasteiger partial charge in [-0.15, -0.1) is 0 Å². The average Bonchev–Trinajstić information content (AvgIpc) is 2.39. The van der Waals surface area contributed by atoms with Crippen LogP contribution in [0, 0.1) is 6.92 Å². The molecule has 0 fully saturated rings. The van der Waals surface area contributed by atoms with Crippen molar-refractivity contribution < 1.29 is 4.79 Å². The lowest BCUT2D eigenvalue weighted by Crippen LogP contribution is -2.24. The summed E-state index contributed by atoms with van der Waals surface area (Å²) in [6.45, 7) is 2.62. The molecule has 0 bridgehead atoms. The monoisotopic (exact) mass is 240 g/mol. The molecule has 0 saturated carbocycles. The summed E-state index contributed by atoms with van der Waals surface area (Å²) >= 11 is 0. The van der Waals surface area contributed by atoms with Gasteiger partial charge in [0.05, 0.1) is 6.42 Å². The molecule has 0 aliphatic carbocycles. The Morgan fingerprint density at radius 1 is 1.17 bits per heavy atom. The zero-order chi connectivity index (χ0) is 12.8. The molecule has 0 aliphatic heterocycles. The lowest BCUT2D eigenvalue weighted by Gasteiger charge is -2.05. The first kappa shape index (κ1) is 12.3. The normalized spacial score (nSPS) is 10.1. The summed E-state index contributed by atoms with van der Waals surface area (Å²) in [6, 6.07) is 11.9. The van der Waals surface area contributed by atoms with E-state index in [1.54, 1.807) is 12.4 Å². The van der Waals surface area contributed by atoms with Crippen LogP contribution in [0.5, 0.6) is 0 Å². The van der Waals surface area contributed by atoms with E-state index in [0.29, 0.717) is 13.0 Å². The number of benzene rings is 1. The van der Waals surface area contributed by atoms with E-state index in [-0.39, 0.29) is 5.91 Å². The minimum absolute atomic E-state index is 0.0172. The summed E-state index contributed by atoms with van der Waals surface area (Å²) in [6.07, 6.45) is 3.79. The Morgan fingerprint density at radius 3 is 2.61 bits per heavy atom. The van der Waals surface area contributed by atoms with Crippen molar-refractivity contribution in [3.05, 3.63) is 65.5 Å². The van der Waals surface area contributed by atoms with Gasteiger partial charge in [-0.2, -0.15) is 0 Å². The fraction of sp³-hybridized carbons (Fsp3) is 0.200. The zero-order valence-electron chi connectivity index (χ0n) is 10.4. The Bertz CT molecular complexity index is 506. The van der Waals surface area contributed by atoms with Gasteiger partial charge in [0.2, 0.25) is 5.91 Å². The molecule has 2 rings (SSSR count). The van der Waals surface area contributed by atoms with E-state index >= 15 is 0 Å². The van der Waals surface area contributed by atoms with E-state index in [1.807, 2.05) is 43.3 Å². The van der Waals surface area contributed by atoms with Gasteiger partial charge in [-0.3, -0.25) is 9.78 Å². The maximum atomic E-state index is 11.7. The summed E-state index contributed by atoms with van der Waals surface area (Å²) in [7, 11) is 0. The lowest BCUT2D eigenvalue weighted by molar-refractivity contribution is -0.120. The number of nitrogens with one attached hydrogen (secondary N) is 1. The number of amides is 1. The first-order chi connectivity index (χ1) is 8.74. The Balaban J connectivity index is 1.83. The Kier molecular flexibility index (Phi) is 4.07. The predicted molar refractivity (Wildman–Crippen MR) is 71.0 cm³/mol. The van der Waals surface area contributed by atoms with Gasteiger partial charge in [0.25, 0.3) is 0 Å². The van der Waals surface area contributed by atoms with Crippen LogP contribution < -0.4 is 5.32 Å². The smallest absolute Gasteiger partial charge is 0.224 e. The topological polar surface area (TPSA) is 42.0 Å². The summed E-state index contributed by atoms with van der Waals surface area (Å²) in [5.41, 5.74) is 3.26. The molecule has 1 aromatic carbocycles. The molecule has 0 radical (unpaired) electrons. The van der Waals surface area contributed by atoms with Gasteiger partial charge in [-0.05, 0) is 24.1 Å². The van der Waals surface area contributed by atoms with Crippen molar-refractivity contribution in [2.45, 2.75) is 19.9 Å². The Hall–Kier alpha value is -2.16. The van der Waals surface area contributed by atoms with E-state index in [2.05, 4.69) is 10.3 Å². The van der Waals surface area contributed by atoms with E-state index in [1.165, 1.54) is 5.56 Å². The van der Waals surface area contributed by atoms with Gasteiger partial charge in [-0.25, -0.2) is 0 Å². The average molecular weight is 240 g/mol. The van der Waals surface area contributed by atoms with Gasteiger partial charge in [0.1, 0.15) is 0 Å². The molecule has 0 spiro atoms. The Labute approximate surface area is 107 Å². The third-order valence-electron chi connectivity index (χ3n) is 2.70. The van der Waals surface area contributed by atoms with Gasteiger partial charge < -0.3 is 5.32 Å². The third-order valence-corrected chi connectivity index (χ3v) is 2.70. The molecule has 3 nitrogen and oxygen atoms in total. The number of aromatic nitrogens is 1. The third kappa shape index (κ3) is 3.70. The van der Waals surface area contributed by atoms with Crippen molar-refractivity contribution in [3.8, 4) is 0 Å². The maximum Gasteiger partial charge on any atom is 0.224 e. The van der Waals surface area contributed by atoms with Crippen molar-refractivity contribution in [2.75, 3.05) is 0 Å². The molecule has 0 unspecified atom stereocenters. The quantitative estimate of drug-likeness (QED) is 0.890. The standard InChI is InChI=1S/C15H16N2O/c1-12-4-6-13(7-5-12)11-17-15(18)9-14-3-2-8-16-10-14/h2-8,10H,9,11H2,1H3,(H,17,18). The van der Waals surface area contributed by atoms with Crippen LogP contribution in [0.15, 0.2) is 48.8 Å². The highest BCUT2D eigenvalue weighted by atomic mass is 16.1. The minimum atomic E-state index is 0.0172. The van der Waals surface area contributed by atoms with Crippen molar-refractivity contribution >= 4 is 5.91 Å². The van der Waals surface area contributed by atoms with E-state index in [4.69, 9.17) is 0 Å². The highest BCUT2D eigenvalue weighted by molar-refractivity contribution is 5.78. The fourth-order valence-corrected chi connectivity index (χ4v) is 1.66. The highest BCUT2D eigenvalue weighted by Crippen LogP contribution is 2.03. The van der Waals surface area contributed by atoms with Crippen LogP contribution in [0.4, 0.5) is 0 Å². The van der Waals surface area contributed by atoms with Crippen LogP contribution in [0.1, 0.15) is 16.7 Å². The molecule has 92 valence electrons. The molecule has 0 aliphatic rings. The number of carbonyl (C=O) groups excluding carboxylic acids is 1. The van der Waals surface area contributed by atoms with Gasteiger partial charge >= 0.3 is 0 Å². The molecule has 0 atom stereocenters. The number of hydrogen-bond donors (Lipinski definition) is 1. The second kappa shape index (κ2) is 5.96. The first-order valence-electron chi connectivity index (χ1n) is 5.95. The summed E-state index contributed by atoms with van der Waals surface area (Å²) in [5, 5.41) is 2.90. The first-order valence-corrected chi connectivity index (χ1v) is 5.95. The maximum absolute atomic E-state index is 11.7. The number of hydrogen-bond acceptors (Lipinski definition) is 2. The number of carbonyl (C=O) groups is 1. The molecule has 1 N–H and O–H groups in total. The molecule has 1 heterocycles. The second-order valence-corrected chi connectivity index (χ2v) is 4.30. The lowest BCUT2D eigenvalue weighted by atomic mass is 10.1. The SMILES string of the molecule is Cc1ccc(CNC(=O)Cc2cccnc2)cc1. The highest BCUT2D eigenvalue weighted by Gasteiger charge is 2.02. The van der Waals surface area contributed by atoms with Crippen LogP contribution in [-0.2, 0) is 17.8 Å². The summed E-state index contributed by atoms with van der Waals surface area (Å²) < 4.78 is 0. The van der Waals surface area contributed by atoms with Crippen molar-refractivity contribution in [1.82, 2.24) is 10.3 Å². The second-order valence-electron chi connectivity index (χ2n) is 4.30. The molecular weight excluding hydrogens is 224 g/mol. The van der Waals surface area contributed by atoms with Gasteiger partial charge in [0.15, 0.2) is 0 Å². The molecule has 3 heteroatoms. The number of nitrogens with zero attached hydrogens (tertiary/aromatic N) is 1. The van der Waals surface area contributed by atoms with Crippen LogP contribution in [0.2, 0.25) is 0 Å². The number of pyridine rings is 1. The van der Waals surface area contributed by atoms with E-state index in [9.17, 15) is 4.79 Å². The van der Waals surface area contributed by atoms with Gasteiger partial charge in [0, 0.05) is 18.9 Å². The minimum Gasteiger partial charge on any atom is -0.352 e. The van der Waals surface area contributed by atoms with Crippen LogP contribution >= 0.6 is 0 Å². The summed E-state index contributed by atoms with van der Waals surface area (Å²) in [4.78, 5) is 15.7. The Morgan fingerprint density at radius 2 is 1.94 bits per heavy atom. The zero-order valence-corrected chi connectivity index (χ0v) is 10.4. The van der Waals surface area contributed by atoms with Crippen LogP contribution in [0.3, 0.4) is 0 Å². The number of aryl methyl sites for hydroxylation is 1. The molecule has 1 aromatic heterocycles. The van der Waals surface area contributed by atoms with Crippen LogP contribution in [-0.4, -0.2) is 10.9 Å². The molecule has 1 amide bonds. The molecule has 0 saturated heterocycles. The molecule has 2 aromatic rings. The van der Waals surface area contributed by atoms with Crippen molar-refractivity contribution in [3.63, 3.8) is 0 Å². The van der Waals surface area contributed by atoms with Gasteiger partial charge in [-0.1, -0.05) is 35.9 Å². The summed E-state index contributed by atoms with van der Waals surface area (Å²) in [5.74, 6) is 0.0172. The van der Waals surface area contributed by atoms with E-state index in [0.717, 1.165) is 11.1 Å². The number of rotatable bonds is 4. The van der Waals surface area contributed by atoms with E-state index < -0.39 is 0 Å².